The molecule has 0 radical (unpaired) electrons. The number of carbonyl (C=O) groups excluding carboxylic acids is 2. The number of rotatable bonds is 6. The van der Waals surface area contributed by atoms with Crippen LogP contribution < -0.4 is 21.3 Å². The molecule has 30 heavy (non-hydrogen) atoms. The number of alkyl halides is 3. The summed E-state index contributed by atoms with van der Waals surface area (Å²) < 4.78 is 43.8. The van der Waals surface area contributed by atoms with Gasteiger partial charge in [-0.2, -0.15) is 13.2 Å². The molecule has 0 aliphatic carbocycles. The van der Waals surface area contributed by atoms with Gasteiger partial charge in [-0.25, -0.2) is 0 Å². The smallest absolute Gasteiger partial charge is 0.416 e. The topological polar surface area (TPSA) is 93.5 Å². The van der Waals surface area contributed by atoms with Crippen molar-refractivity contribution >= 4 is 17.5 Å². The molecule has 3 rings (SSSR count). The predicted molar refractivity (Wildman–Crippen MR) is 104 cm³/mol. The summed E-state index contributed by atoms with van der Waals surface area (Å²) in [6, 6.07) is 16.8. The minimum atomic E-state index is -4.47. The van der Waals surface area contributed by atoms with Gasteiger partial charge in [0, 0.05) is 11.1 Å². The van der Waals surface area contributed by atoms with Gasteiger partial charge in [0.1, 0.15) is 11.5 Å². The van der Waals surface area contributed by atoms with Crippen LogP contribution in [0.2, 0.25) is 0 Å². The van der Waals surface area contributed by atoms with Gasteiger partial charge in [-0.05, 0) is 66.7 Å². The van der Waals surface area contributed by atoms with Gasteiger partial charge in [-0.15, -0.1) is 0 Å². The van der Waals surface area contributed by atoms with Gasteiger partial charge in [-0.3, -0.25) is 20.4 Å². The van der Waals surface area contributed by atoms with Crippen LogP contribution in [0.5, 0.6) is 11.5 Å². The number of primary amides is 1. The molecular formula is C21H16F3N3O3. The minimum Gasteiger partial charge on any atom is -0.457 e. The molecule has 0 aromatic heterocycles. The van der Waals surface area contributed by atoms with Gasteiger partial charge in [0.2, 0.25) is 5.91 Å². The Bertz CT molecular complexity index is 1050. The Morgan fingerprint density at radius 2 is 1.40 bits per heavy atom. The number of hydrogen-bond acceptors (Lipinski definition) is 4. The van der Waals surface area contributed by atoms with E-state index in [1.165, 1.54) is 36.4 Å². The maximum Gasteiger partial charge on any atom is 0.416 e. The third-order valence-electron chi connectivity index (χ3n) is 4.00. The Morgan fingerprint density at radius 3 is 1.93 bits per heavy atom. The van der Waals surface area contributed by atoms with E-state index in [-0.39, 0.29) is 11.3 Å². The van der Waals surface area contributed by atoms with Crippen LogP contribution in [-0.4, -0.2) is 11.8 Å². The first-order valence-corrected chi connectivity index (χ1v) is 8.64. The van der Waals surface area contributed by atoms with Crippen molar-refractivity contribution in [2.24, 2.45) is 5.73 Å². The van der Waals surface area contributed by atoms with E-state index in [1.807, 2.05) is 0 Å². The van der Waals surface area contributed by atoms with E-state index in [4.69, 9.17) is 10.5 Å². The fraction of sp³-hybridized carbons (Fsp3) is 0.0476. The molecule has 0 spiro atoms. The molecular weight excluding hydrogens is 399 g/mol. The molecule has 6 nitrogen and oxygen atoms in total. The van der Waals surface area contributed by atoms with Crippen LogP contribution in [0.1, 0.15) is 26.3 Å². The monoisotopic (exact) mass is 415 g/mol. The maximum atomic E-state index is 12.7. The maximum absolute atomic E-state index is 12.7. The average Bonchev–Trinajstić information content (AvgIpc) is 2.72. The normalized spacial score (nSPS) is 10.9. The van der Waals surface area contributed by atoms with Gasteiger partial charge in [0.15, 0.2) is 0 Å². The lowest BCUT2D eigenvalue weighted by Crippen LogP contribution is -2.29. The van der Waals surface area contributed by atoms with E-state index in [0.717, 1.165) is 12.1 Å². The molecule has 0 heterocycles. The van der Waals surface area contributed by atoms with Crippen LogP contribution in [0, 0.1) is 0 Å². The molecule has 0 saturated heterocycles. The molecule has 2 amide bonds. The van der Waals surface area contributed by atoms with Crippen LogP contribution >= 0.6 is 0 Å². The fourth-order valence-corrected chi connectivity index (χ4v) is 2.47. The zero-order valence-corrected chi connectivity index (χ0v) is 15.4. The van der Waals surface area contributed by atoms with Crippen molar-refractivity contribution < 1.29 is 27.5 Å². The first-order chi connectivity index (χ1) is 14.2. The Balaban J connectivity index is 1.59. The van der Waals surface area contributed by atoms with Gasteiger partial charge in [0.05, 0.1) is 11.3 Å². The highest BCUT2D eigenvalue weighted by molar-refractivity contribution is 5.95. The molecule has 0 aliphatic rings. The summed E-state index contributed by atoms with van der Waals surface area (Å²) in [6.45, 7) is 0. The van der Waals surface area contributed by atoms with E-state index >= 15 is 0 Å². The van der Waals surface area contributed by atoms with Crippen LogP contribution in [-0.2, 0) is 6.18 Å². The Kier molecular flexibility index (Phi) is 5.91. The number of amides is 2. The summed E-state index contributed by atoms with van der Waals surface area (Å²) in [6.07, 6.45) is -4.47. The van der Waals surface area contributed by atoms with Gasteiger partial charge >= 0.3 is 6.18 Å². The average molecular weight is 415 g/mol. The second kappa shape index (κ2) is 8.56. The standard InChI is InChI=1S/C21H16F3N3O3/c22-21(23,24)15-2-1-3-16(12-15)26-27-20(29)14-6-10-18(11-7-14)30-17-8-4-13(5-9-17)19(25)28/h1-12,26H,(H2,25,28)(H,27,29). The number of hydrogen-bond donors (Lipinski definition) is 3. The molecule has 3 aromatic carbocycles. The first-order valence-electron chi connectivity index (χ1n) is 8.64. The molecule has 0 fully saturated rings. The Hall–Kier alpha value is -4.01. The number of halogens is 3. The predicted octanol–water partition coefficient (Wildman–Crippen LogP) is 4.35. The summed E-state index contributed by atoms with van der Waals surface area (Å²) in [4.78, 5) is 23.3. The summed E-state index contributed by atoms with van der Waals surface area (Å²) in [5.41, 5.74) is 9.86. The van der Waals surface area contributed by atoms with Crippen molar-refractivity contribution in [2.75, 3.05) is 5.43 Å². The zero-order valence-electron chi connectivity index (χ0n) is 15.4. The van der Waals surface area contributed by atoms with E-state index in [2.05, 4.69) is 10.9 Å². The molecule has 3 aromatic rings. The molecule has 0 unspecified atom stereocenters. The lowest BCUT2D eigenvalue weighted by Gasteiger charge is -2.12. The van der Waals surface area contributed by atoms with Gasteiger partial charge in [0.25, 0.3) is 5.91 Å². The minimum absolute atomic E-state index is 0.0949. The Morgan fingerprint density at radius 1 is 0.833 bits per heavy atom. The van der Waals surface area contributed by atoms with Crippen molar-refractivity contribution in [3.63, 3.8) is 0 Å². The lowest BCUT2D eigenvalue weighted by atomic mass is 10.2. The van der Waals surface area contributed by atoms with Crippen molar-refractivity contribution in [1.82, 2.24) is 5.43 Å². The molecule has 0 aliphatic heterocycles. The number of benzene rings is 3. The SMILES string of the molecule is NC(=O)c1ccc(Oc2ccc(C(=O)NNc3cccc(C(F)(F)F)c3)cc2)cc1. The lowest BCUT2D eigenvalue weighted by molar-refractivity contribution is -0.137. The number of nitrogens with two attached hydrogens (primary N) is 1. The van der Waals surface area contributed by atoms with Crippen molar-refractivity contribution in [1.29, 1.82) is 0 Å². The molecule has 154 valence electrons. The quantitative estimate of drug-likeness (QED) is 0.522. The Labute approximate surface area is 169 Å². The highest BCUT2D eigenvalue weighted by Crippen LogP contribution is 2.30. The molecule has 4 N–H and O–H groups in total. The largest absolute Gasteiger partial charge is 0.457 e. The van der Waals surface area contributed by atoms with Crippen LogP contribution in [0.4, 0.5) is 18.9 Å². The first kappa shape index (κ1) is 20.7. The summed E-state index contributed by atoms with van der Waals surface area (Å²) >= 11 is 0. The summed E-state index contributed by atoms with van der Waals surface area (Å²) in [5, 5.41) is 0. The molecule has 0 saturated carbocycles. The summed E-state index contributed by atoms with van der Waals surface area (Å²) in [7, 11) is 0. The second-order valence-corrected chi connectivity index (χ2v) is 6.17. The number of ether oxygens (including phenoxy) is 1. The van der Waals surface area contributed by atoms with Crippen LogP contribution in [0.3, 0.4) is 0 Å². The number of anilines is 1. The van der Waals surface area contributed by atoms with Crippen molar-refractivity contribution in [2.45, 2.75) is 6.18 Å². The number of hydrazine groups is 1. The van der Waals surface area contributed by atoms with Gasteiger partial charge < -0.3 is 10.5 Å². The third-order valence-corrected chi connectivity index (χ3v) is 4.00. The highest BCUT2D eigenvalue weighted by Gasteiger charge is 2.30. The van der Waals surface area contributed by atoms with E-state index < -0.39 is 23.6 Å². The summed E-state index contributed by atoms with van der Waals surface area (Å²) in [5.74, 6) is -0.159. The number of nitrogens with one attached hydrogen (secondary N) is 2. The zero-order chi connectivity index (χ0) is 21.7. The van der Waals surface area contributed by atoms with Crippen LogP contribution in [0.25, 0.3) is 0 Å². The number of carbonyl (C=O) groups is 2. The van der Waals surface area contributed by atoms with E-state index in [9.17, 15) is 22.8 Å². The third kappa shape index (κ3) is 5.28. The van der Waals surface area contributed by atoms with Crippen LogP contribution in [0.15, 0.2) is 72.8 Å². The molecule has 0 atom stereocenters. The highest BCUT2D eigenvalue weighted by atomic mass is 19.4. The van der Waals surface area contributed by atoms with Crippen molar-refractivity contribution in [3.05, 3.63) is 89.5 Å². The van der Waals surface area contributed by atoms with E-state index in [0.29, 0.717) is 17.1 Å². The van der Waals surface area contributed by atoms with E-state index in [1.54, 1.807) is 24.3 Å². The second-order valence-electron chi connectivity index (χ2n) is 6.17. The van der Waals surface area contributed by atoms with Crippen molar-refractivity contribution in [3.8, 4) is 11.5 Å². The van der Waals surface area contributed by atoms with Gasteiger partial charge in [-0.1, -0.05) is 6.07 Å². The fourth-order valence-electron chi connectivity index (χ4n) is 2.47. The molecule has 9 heteroatoms. The molecule has 0 bridgehead atoms.